The Morgan fingerprint density at radius 1 is 1.37 bits per heavy atom. The molecular weight excluding hydrogens is 278 g/mol. The molecule has 2 heterocycles. The van der Waals surface area contributed by atoms with E-state index >= 15 is 0 Å². The quantitative estimate of drug-likeness (QED) is 0.758. The fourth-order valence-corrected chi connectivity index (χ4v) is 3.09. The van der Waals surface area contributed by atoms with E-state index in [1.807, 2.05) is 23.7 Å². The highest BCUT2D eigenvalue weighted by Gasteiger charge is 2.18. The summed E-state index contributed by atoms with van der Waals surface area (Å²) in [6.45, 7) is 6.15. The Hall–Kier alpha value is -0.970. The fourth-order valence-electron chi connectivity index (χ4n) is 1.95. The van der Waals surface area contributed by atoms with Gasteiger partial charge >= 0.3 is 0 Å². The monoisotopic (exact) mass is 295 g/mol. The average molecular weight is 296 g/mol. The van der Waals surface area contributed by atoms with Crippen molar-refractivity contribution in [3.63, 3.8) is 0 Å². The third kappa shape index (κ3) is 3.75. The van der Waals surface area contributed by atoms with Crippen LogP contribution in [0.1, 0.15) is 36.3 Å². The highest BCUT2D eigenvalue weighted by molar-refractivity contribution is 7.09. The number of thiazole rings is 1. The van der Waals surface area contributed by atoms with Gasteiger partial charge in [0.05, 0.1) is 23.3 Å². The molecule has 0 saturated carbocycles. The van der Waals surface area contributed by atoms with Crippen LogP contribution in [-0.2, 0) is 12.4 Å². The van der Waals surface area contributed by atoms with E-state index < -0.39 is 0 Å². The van der Waals surface area contributed by atoms with Crippen molar-refractivity contribution in [2.45, 2.75) is 32.3 Å². The van der Waals surface area contributed by atoms with Gasteiger partial charge in [-0.05, 0) is 25.6 Å². The van der Waals surface area contributed by atoms with E-state index in [9.17, 15) is 0 Å². The summed E-state index contributed by atoms with van der Waals surface area (Å²) < 4.78 is 0. The van der Waals surface area contributed by atoms with Gasteiger partial charge in [-0.2, -0.15) is 0 Å². The Labute approximate surface area is 123 Å². The van der Waals surface area contributed by atoms with Crippen LogP contribution >= 0.6 is 22.9 Å². The molecule has 0 amide bonds. The number of pyridine rings is 1. The third-order valence-corrected chi connectivity index (χ3v) is 4.45. The summed E-state index contributed by atoms with van der Waals surface area (Å²) >= 11 is 7.49. The minimum absolute atomic E-state index is 0.286. The van der Waals surface area contributed by atoms with Gasteiger partial charge < -0.3 is 0 Å². The van der Waals surface area contributed by atoms with Crippen LogP contribution in [0.5, 0.6) is 0 Å². The van der Waals surface area contributed by atoms with Crippen molar-refractivity contribution in [1.82, 2.24) is 14.9 Å². The van der Waals surface area contributed by atoms with Crippen LogP contribution in [0.3, 0.4) is 0 Å². The van der Waals surface area contributed by atoms with Crippen LogP contribution < -0.4 is 0 Å². The van der Waals surface area contributed by atoms with E-state index in [0.717, 1.165) is 29.5 Å². The van der Waals surface area contributed by atoms with E-state index in [4.69, 9.17) is 11.6 Å². The summed E-state index contributed by atoms with van der Waals surface area (Å²) in [5, 5.41) is 3.15. The Kier molecular flexibility index (Phi) is 5.31. The van der Waals surface area contributed by atoms with Gasteiger partial charge in [0, 0.05) is 18.1 Å². The van der Waals surface area contributed by atoms with Gasteiger partial charge in [0.2, 0.25) is 0 Å². The van der Waals surface area contributed by atoms with Gasteiger partial charge in [-0.25, -0.2) is 4.98 Å². The number of hydrogen-bond acceptors (Lipinski definition) is 4. The molecule has 1 atom stereocenters. The van der Waals surface area contributed by atoms with E-state index in [-0.39, 0.29) is 6.04 Å². The number of halogens is 1. The van der Waals surface area contributed by atoms with Crippen molar-refractivity contribution < 1.29 is 0 Å². The molecule has 0 N–H and O–H groups in total. The maximum absolute atomic E-state index is 5.81. The van der Waals surface area contributed by atoms with Crippen LogP contribution in [0.15, 0.2) is 29.8 Å². The highest BCUT2D eigenvalue weighted by Crippen LogP contribution is 2.25. The lowest BCUT2D eigenvalue weighted by molar-refractivity contribution is 0.210. The molecule has 0 aliphatic rings. The number of aromatic nitrogens is 2. The van der Waals surface area contributed by atoms with E-state index in [0.29, 0.717) is 5.88 Å². The molecule has 102 valence electrons. The maximum Gasteiger partial charge on any atom is 0.110 e. The van der Waals surface area contributed by atoms with Gasteiger partial charge in [0.1, 0.15) is 5.01 Å². The zero-order valence-corrected chi connectivity index (χ0v) is 12.8. The second-order valence-corrected chi connectivity index (χ2v) is 5.53. The van der Waals surface area contributed by atoms with Crippen molar-refractivity contribution in [2.75, 3.05) is 6.54 Å². The van der Waals surface area contributed by atoms with Crippen molar-refractivity contribution in [3.8, 4) is 0 Å². The average Bonchev–Trinajstić information content (AvgIpc) is 2.94. The van der Waals surface area contributed by atoms with Gasteiger partial charge in [0.15, 0.2) is 0 Å². The highest BCUT2D eigenvalue weighted by atomic mass is 35.5. The first-order chi connectivity index (χ1) is 9.24. The van der Waals surface area contributed by atoms with E-state index in [2.05, 4.69) is 34.8 Å². The zero-order valence-electron chi connectivity index (χ0n) is 11.2. The molecule has 5 heteroatoms. The lowest BCUT2D eigenvalue weighted by atomic mass is 10.2. The molecule has 19 heavy (non-hydrogen) atoms. The maximum atomic E-state index is 5.81. The number of hydrogen-bond donors (Lipinski definition) is 0. The summed E-state index contributed by atoms with van der Waals surface area (Å²) in [5.41, 5.74) is 2.05. The second kappa shape index (κ2) is 6.98. The van der Waals surface area contributed by atoms with Gasteiger partial charge in [0.25, 0.3) is 0 Å². The SMILES string of the molecule is CCN(Cc1ccccn1)C(C)c1nc(CCl)cs1. The first-order valence-corrected chi connectivity index (χ1v) is 7.80. The lowest BCUT2D eigenvalue weighted by Gasteiger charge is -2.25. The molecule has 0 radical (unpaired) electrons. The molecule has 2 aromatic heterocycles. The van der Waals surface area contributed by atoms with Crippen molar-refractivity contribution in [1.29, 1.82) is 0 Å². The van der Waals surface area contributed by atoms with Gasteiger partial charge in [-0.15, -0.1) is 22.9 Å². The van der Waals surface area contributed by atoms with Gasteiger partial charge in [-0.1, -0.05) is 13.0 Å². The second-order valence-electron chi connectivity index (χ2n) is 4.37. The number of rotatable bonds is 6. The Morgan fingerprint density at radius 2 is 2.21 bits per heavy atom. The first kappa shape index (κ1) is 14.4. The summed E-state index contributed by atoms with van der Waals surface area (Å²) in [4.78, 5) is 11.3. The standard InChI is InChI=1S/C14H18ClN3S/c1-3-18(9-12-6-4-5-7-16-12)11(2)14-17-13(8-15)10-19-14/h4-7,10-11H,3,8-9H2,1-2H3. The fraction of sp³-hybridized carbons (Fsp3) is 0.429. The molecule has 0 spiro atoms. The molecule has 0 bridgehead atoms. The van der Waals surface area contributed by atoms with Crippen molar-refractivity contribution in [3.05, 3.63) is 46.2 Å². The molecule has 2 aromatic rings. The summed E-state index contributed by atoms with van der Waals surface area (Å²) in [6, 6.07) is 6.31. The van der Waals surface area contributed by atoms with E-state index in [1.165, 1.54) is 0 Å². The van der Waals surface area contributed by atoms with E-state index in [1.54, 1.807) is 11.3 Å². The molecule has 3 nitrogen and oxygen atoms in total. The largest absolute Gasteiger partial charge is 0.289 e. The molecule has 2 rings (SSSR count). The molecule has 0 fully saturated rings. The lowest BCUT2D eigenvalue weighted by Crippen LogP contribution is -2.26. The van der Waals surface area contributed by atoms with Crippen LogP contribution in [0.4, 0.5) is 0 Å². The molecule has 0 aromatic carbocycles. The van der Waals surface area contributed by atoms with Crippen molar-refractivity contribution >= 4 is 22.9 Å². The molecular formula is C14H18ClN3S. The smallest absolute Gasteiger partial charge is 0.110 e. The third-order valence-electron chi connectivity index (χ3n) is 3.11. The topological polar surface area (TPSA) is 29.0 Å². The Balaban J connectivity index is 2.08. The molecule has 0 aliphatic heterocycles. The molecule has 1 unspecified atom stereocenters. The van der Waals surface area contributed by atoms with Gasteiger partial charge in [-0.3, -0.25) is 9.88 Å². The van der Waals surface area contributed by atoms with Crippen LogP contribution in [0.25, 0.3) is 0 Å². The van der Waals surface area contributed by atoms with Crippen molar-refractivity contribution in [2.24, 2.45) is 0 Å². The molecule has 0 saturated heterocycles. The first-order valence-electron chi connectivity index (χ1n) is 6.38. The minimum atomic E-state index is 0.286. The zero-order chi connectivity index (χ0) is 13.7. The summed E-state index contributed by atoms with van der Waals surface area (Å²) in [7, 11) is 0. The predicted octanol–water partition coefficient (Wildman–Crippen LogP) is 3.86. The molecule has 0 aliphatic carbocycles. The number of nitrogens with zero attached hydrogens (tertiary/aromatic N) is 3. The number of alkyl halides is 1. The minimum Gasteiger partial charge on any atom is -0.289 e. The Bertz CT molecular complexity index is 500. The Morgan fingerprint density at radius 3 is 2.79 bits per heavy atom. The summed E-state index contributed by atoms with van der Waals surface area (Å²) in [5.74, 6) is 0.482. The van der Waals surface area contributed by atoms with Crippen LogP contribution in [0.2, 0.25) is 0 Å². The normalized spacial score (nSPS) is 12.8. The van der Waals surface area contributed by atoms with Crippen LogP contribution in [0, 0.1) is 0 Å². The summed E-state index contributed by atoms with van der Waals surface area (Å²) in [6.07, 6.45) is 1.84. The van der Waals surface area contributed by atoms with Crippen LogP contribution in [-0.4, -0.2) is 21.4 Å². The predicted molar refractivity (Wildman–Crippen MR) is 80.4 cm³/mol.